The summed E-state index contributed by atoms with van der Waals surface area (Å²) in [5, 5.41) is 0. The van der Waals surface area contributed by atoms with E-state index < -0.39 is 4.75 Å². The van der Waals surface area contributed by atoms with Crippen molar-refractivity contribution >= 4 is 28.2 Å². The molecule has 0 amide bonds. The number of hydrogen-bond donors (Lipinski definition) is 1. The van der Waals surface area contributed by atoms with Crippen molar-refractivity contribution in [3.05, 3.63) is 108 Å². The number of carbonyl (C=O) groups excluding carboxylic acids is 1. The molecule has 0 spiro atoms. The summed E-state index contributed by atoms with van der Waals surface area (Å²) in [5.41, 5.74) is 2.54. The lowest BCUT2D eigenvalue weighted by Crippen LogP contribution is -2.33. The molecule has 0 bridgehead atoms. The summed E-state index contributed by atoms with van der Waals surface area (Å²) in [5.74, 6) is 0.0375. The molecule has 0 heterocycles. The summed E-state index contributed by atoms with van der Waals surface area (Å²) in [6, 6.07) is 29.0. The molecule has 0 radical (unpaired) electrons. The number of hydrogen-bond acceptors (Lipinski definition) is 3. The third kappa shape index (κ3) is 2.94. The summed E-state index contributed by atoms with van der Waals surface area (Å²) in [4.78, 5) is 13.4. The van der Waals surface area contributed by atoms with Gasteiger partial charge >= 0.3 is 0 Å². The normalized spacial score (nSPS) is 11.2. The van der Waals surface area contributed by atoms with E-state index in [2.05, 4.69) is 11.7 Å². The van der Waals surface area contributed by atoms with Gasteiger partial charge in [0.2, 0.25) is 0 Å². The van der Waals surface area contributed by atoms with Crippen LogP contribution in [0.25, 0.3) is 0 Å². The molecular weight excluding hydrogens is 320 g/mol. The number of benzene rings is 3. The van der Waals surface area contributed by atoms with Crippen LogP contribution in [-0.4, -0.2) is 5.78 Å². The SMILES string of the molecule is O=C(c1ccccc1)C(SS)(c1ccccc1)c1ccccc1. The molecule has 3 heteroatoms. The molecule has 0 aliphatic rings. The topological polar surface area (TPSA) is 17.1 Å². The summed E-state index contributed by atoms with van der Waals surface area (Å²) in [6.45, 7) is 0. The Bertz CT molecular complexity index is 731. The second kappa shape index (κ2) is 7.07. The fraction of sp³-hybridized carbons (Fsp3) is 0.0500. The maximum Gasteiger partial charge on any atom is 0.188 e. The van der Waals surface area contributed by atoms with Gasteiger partial charge in [0.15, 0.2) is 5.78 Å². The molecule has 0 aliphatic heterocycles. The zero-order valence-electron chi connectivity index (χ0n) is 12.4. The van der Waals surface area contributed by atoms with Gasteiger partial charge in [0.1, 0.15) is 4.75 Å². The Hall–Kier alpha value is -1.97. The molecule has 23 heavy (non-hydrogen) atoms. The molecule has 0 saturated carbocycles. The van der Waals surface area contributed by atoms with E-state index in [1.165, 1.54) is 10.8 Å². The Morgan fingerprint density at radius 1 is 0.696 bits per heavy atom. The van der Waals surface area contributed by atoms with E-state index in [1.54, 1.807) is 0 Å². The van der Waals surface area contributed by atoms with Gasteiger partial charge in [0.25, 0.3) is 0 Å². The van der Waals surface area contributed by atoms with Crippen molar-refractivity contribution in [2.24, 2.45) is 0 Å². The molecule has 0 N–H and O–H groups in total. The lowest BCUT2D eigenvalue weighted by Gasteiger charge is -2.31. The summed E-state index contributed by atoms with van der Waals surface area (Å²) < 4.78 is -0.868. The van der Waals surface area contributed by atoms with Gasteiger partial charge in [-0.05, 0) is 11.1 Å². The van der Waals surface area contributed by atoms with E-state index in [0.717, 1.165) is 11.1 Å². The van der Waals surface area contributed by atoms with Crippen LogP contribution in [-0.2, 0) is 4.75 Å². The van der Waals surface area contributed by atoms with E-state index in [1.807, 2.05) is 91.0 Å². The van der Waals surface area contributed by atoms with Gasteiger partial charge in [0.05, 0.1) is 0 Å². The average molecular weight is 336 g/mol. The Morgan fingerprint density at radius 2 is 1.09 bits per heavy atom. The van der Waals surface area contributed by atoms with E-state index in [9.17, 15) is 4.79 Å². The quantitative estimate of drug-likeness (QED) is 0.382. The zero-order chi connectivity index (χ0) is 16.1. The van der Waals surface area contributed by atoms with Crippen LogP contribution in [0.1, 0.15) is 21.5 Å². The highest BCUT2D eigenvalue weighted by Gasteiger charge is 2.42. The van der Waals surface area contributed by atoms with Crippen LogP contribution < -0.4 is 0 Å². The highest BCUT2D eigenvalue weighted by molar-refractivity contribution is 8.69. The first-order chi connectivity index (χ1) is 11.3. The van der Waals surface area contributed by atoms with Gasteiger partial charge in [-0.3, -0.25) is 4.79 Å². The summed E-state index contributed by atoms with van der Waals surface area (Å²) >= 11 is 4.51. The van der Waals surface area contributed by atoms with Crippen LogP contribution in [0.4, 0.5) is 0 Å². The minimum absolute atomic E-state index is 0.0375. The van der Waals surface area contributed by atoms with Crippen LogP contribution in [0.2, 0.25) is 0 Å². The Balaban J connectivity index is 2.24. The number of Topliss-reactive ketones (excluding diaryl/α,β-unsaturated/α-hetero) is 1. The molecule has 114 valence electrons. The standard InChI is InChI=1S/C20H16OS2/c21-19(16-10-4-1-5-11-16)20(23-22,17-12-6-2-7-13-17)18-14-8-3-9-15-18/h1-15,22H. The van der Waals surface area contributed by atoms with Crippen molar-refractivity contribution < 1.29 is 4.79 Å². The van der Waals surface area contributed by atoms with Gasteiger partial charge in [-0.1, -0.05) is 102 Å². The molecule has 0 atom stereocenters. The van der Waals surface area contributed by atoms with Gasteiger partial charge in [-0.2, -0.15) is 0 Å². The largest absolute Gasteiger partial charge is 0.292 e. The number of rotatable bonds is 5. The Kier molecular flexibility index (Phi) is 4.89. The van der Waals surface area contributed by atoms with Gasteiger partial charge in [-0.15, -0.1) is 11.7 Å². The first-order valence-electron chi connectivity index (χ1n) is 7.32. The van der Waals surface area contributed by atoms with Crippen molar-refractivity contribution in [2.45, 2.75) is 4.75 Å². The molecule has 0 saturated heterocycles. The van der Waals surface area contributed by atoms with Gasteiger partial charge in [-0.25, -0.2) is 0 Å². The molecule has 3 aromatic rings. The molecular formula is C20H16OS2. The first-order valence-corrected chi connectivity index (χ1v) is 9.19. The number of ketones is 1. The van der Waals surface area contributed by atoms with Crippen LogP contribution in [0.3, 0.4) is 0 Å². The van der Waals surface area contributed by atoms with E-state index in [-0.39, 0.29) is 5.78 Å². The smallest absolute Gasteiger partial charge is 0.188 e. The number of carbonyl (C=O) groups is 1. The first kappa shape index (κ1) is 15.9. The average Bonchev–Trinajstić information content (AvgIpc) is 2.65. The molecule has 0 fully saturated rings. The fourth-order valence-electron chi connectivity index (χ4n) is 2.71. The lowest BCUT2D eigenvalue weighted by molar-refractivity contribution is 0.0960. The molecule has 1 nitrogen and oxygen atoms in total. The van der Waals surface area contributed by atoms with Gasteiger partial charge in [0, 0.05) is 5.56 Å². The summed E-state index contributed by atoms with van der Waals surface area (Å²) in [7, 11) is 1.27. The van der Waals surface area contributed by atoms with Crippen molar-refractivity contribution in [1.29, 1.82) is 0 Å². The van der Waals surface area contributed by atoms with Crippen LogP contribution in [0, 0.1) is 0 Å². The predicted octanol–water partition coefficient (Wildman–Crippen LogP) is 5.39. The highest BCUT2D eigenvalue weighted by atomic mass is 33.1. The van der Waals surface area contributed by atoms with E-state index >= 15 is 0 Å². The highest BCUT2D eigenvalue weighted by Crippen LogP contribution is 2.47. The molecule has 0 aromatic heterocycles. The molecule has 3 aromatic carbocycles. The van der Waals surface area contributed by atoms with E-state index in [0.29, 0.717) is 5.56 Å². The number of thiol groups is 1. The van der Waals surface area contributed by atoms with Crippen molar-refractivity contribution in [3.8, 4) is 0 Å². The minimum Gasteiger partial charge on any atom is -0.292 e. The molecule has 0 unspecified atom stereocenters. The summed E-state index contributed by atoms with van der Waals surface area (Å²) in [6.07, 6.45) is 0. The Labute approximate surface area is 145 Å². The van der Waals surface area contributed by atoms with Crippen LogP contribution in [0.15, 0.2) is 91.0 Å². The minimum atomic E-state index is -0.868. The van der Waals surface area contributed by atoms with Gasteiger partial charge < -0.3 is 0 Å². The van der Waals surface area contributed by atoms with Crippen molar-refractivity contribution in [2.75, 3.05) is 0 Å². The van der Waals surface area contributed by atoms with Crippen LogP contribution in [0.5, 0.6) is 0 Å². The fourth-order valence-corrected chi connectivity index (χ4v) is 4.28. The molecule has 3 rings (SSSR count). The van der Waals surface area contributed by atoms with Crippen molar-refractivity contribution in [3.63, 3.8) is 0 Å². The van der Waals surface area contributed by atoms with Crippen LogP contribution >= 0.6 is 22.5 Å². The zero-order valence-corrected chi connectivity index (χ0v) is 14.1. The monoisotopic (exact) mass is 336 g/mol. The van der Waals surface area contributed by atoms with E-state index in [4.69, 9.17) is 0 Å². The third-order valence-electron chi connectivity index (χ3n) is 3.85. The second-order valence-corrected chi connectivity index (χ2v) is 6.54. The second-order valence-electron chi connectivity index (χ2n) is 5.20. The lowest BCUT2D eigenvalue weighted by atomic mass is 9.84. The third-order valence-corrected chi connectivity index (χ3v) is 5.61. The molecule has 0 aliphatic carbocycles. The predicted molar refractivity (Wildman–Crippen MR) is 101 cm³/mol. The Morgan fingerprint density at radius 3 is 1.48 bits per heavy atom. The maximum atomic E-state index is 13.4. The maximum absolute atomic E-state index is 13.4. The van der Waals surface area contributed by atoms with Crippen molar-refractivity contribution in [1.82, 2.24) is 0 Å².